The molecule has 0 spiro atoms. The summed E-state index contributed by atoms with van der Waals surface area (Å²) < 4.78 is 64.8. The van der Waals surface area contributed by atoms with E-state index in [4.69, 9.17) is 61.9 Å². The second kappa shape index (κ2) is 44.9. The Labute approximate surface area is 339 Å². The third-order valence-corrected chi connectivity index (χ3v) is 7.66. The molecule has 0 aromatic rings. The lowest BCUT2D eigenvalue weighted by Gasteiger charge is -2.18. The summed E-state index contributed by atoms with van der Waals surface area (Å²) in [4.78, 5) is 35.4. The van der Waals surface area contributed by atoms with Crippen LogP contribution in [0.3, 0.4) is 0 Å². The zero-order chi connectivity index (χ0) is 41.7. The zero-order valence-corrected chi connectivity index (χ0v) is 34.7. The minimum absolute atomic E-state index is 0.00327. The Morgan fingerprint density at radius 2 is 0.789 bits per heavy atom. The highest BCUT2D eigenvalue weighted by molar-refractivity contribution is 5.82. The SMILES string of the molecule is CN[C@@H](CNC(=O)[C@H](CCCCNC(=O)CCOCCOCCOCCOCCOCCOCCOCCOCCOCCOCCOCCOC)NC)C(=O)O. The van der Waals surface area contributed by atoms with Gasteiger partial charge in [0.15, 0.2) is 0 Å². The number of carbonyl (C=O) groups excluding carboxylic acids is 2. The van der Waals surface area contributed by atoms with Crippen molar-refractivity contribution in [3.8, 4) is 0 Å². The van der Waals surface area contributed by atoms with Crippen LogP contribution in [0.5, 0.6) is 0 Å². The van der Waals surface area contributed by atoms with Crippen LogP contribution in [0.4, 0.5) is 0 Å². The molecule has 2 amide bonds. The first-order valence-electron chi connectivity index (χ1n) is 19.9. The lowest BCUT2D eigenvalue weighted by atomic mass is 10.1. The molecular formula is C37H74N4O16. The second-order valence-electron chi connectivity index (χ2n) is 12.1. The first-order valence-corrected chi connectivity index (χ1v) is 19.9. The van der Waals surface area contributed by atoms with Gasteiger partial charge in [0.25, 0.3) is 0 Å². The molecule has 0 saturated carbocycles. The molecule has 0 saturated heterocycles. The van der Waals surface area contributed by atoms with Gasteiger partial charge in [-0.1, -0.05) is 0 Å². The quantitative estimate of drug-likeness (QED) is 0.0457. The van der Waals surface area contributed by atoms with Gasteiger partial charge in [-0.15, -0.1) is 0 Å². The monoisotopic (exact) mass is 831 g/mol. The van der Waals surface area contributed by atoms with E-state index in [2.05, 4.69) is 21.3 Å². The van der Waals surface area contributed by atoms with Crippen LogP contribution in [-0.4, -0.2) is 221 Å². The van der Waals surface area contributed by atoms with E-state index in [0.29, 0.717) is 178 Å². The average molecular weight is 831 g/mol. The van der Waals surface area contributed by atoms with Crippen LogP contribution in [0, 0.1) is 0 Å². The van der Waals surface area contributed by atoms with Gasteiger partial charge in [0.2, 0.25) is 11.8 Å². The average Bonchev–Trinajstić information content (AvgIpc) is 3.20. The molecule has 0 unspecified atom stereocenters. The molecule has 0 aliphatic rings. The third-order valence-electron chi connectivity index (χ3n) is 7.66. The minimum atomic E-state index is -1.03. The number of carboxylic acid groups (broad SMARTS) is 1. The molecule has 338 valence electrons. The van der Waals surface area contributed by atoms with Gasteiger partial charge in [0, 0.05) is 26.6 Å². The highest BCUT2D eigenvalue weighted by Gasteiger charge is 2.20. The third kappa shape index (κ3) is 40.4. The van der Waals surface area contributed by atoms with Crippen LogP contribution in [0.15, 0.2) is 0 Å². The Balaban J connectivity index is 3.29. The molecule has 0 radical (unpaired) electrons. The summed E-state index contributed by atoms with van der Waals surface area (Å²) in [7, 11) is 4.84. The predicted octanol–water partition coefficient (Wildman–Crippen LogP) is -1.13. The fraction of sp³-hybridized carbons (Fsp3) is 0.919. The Kier molecular flexibility index (Phi) is 43.2. The number of nitrogens with one attached hydrogen (secondary N) is 4. The maximum Gasteiger partial charge on any atom is 0.322 e. The molecule has 57 heavy (non-hydrogen) atoms. The molecule has 0 rings (SSSR count). The molecule has 0 bridgehead atoms. The maximum absolute atomic E-state index is 12.3. The summed E-state index contributed by atoms with van der Waals surface area (Å²) in [6.45, 7) is 11.5. The summed E-state index contributed by atoms with van der Waals surface area (Å²) in [5, 5.41) is 20.1. The number of likely N-dealkylation sites (N-methyl/N-ethyl adjacent to an activating group) is 2. The maximum atomic E-state index is 12.3. The fourth-order valence-electron chi connectivity index (χ4n) is 4.44. The number of hydrogen-bond donors (Lipinski definition) is 5. The molecule has 5 N–H and O–H groups in total. The van der Waals surface area contributed by atoms with Gasteiger partial charge < -0.3 is 83.2 Å². The molecule has 0 aliphatic carbocycles. The number of hydrogen-bond acceptors (Lipinski definition) is 17. The molecule has 0 heterocycles. The van der Waals surface area contributed by atoms with Crippen molar-refractivity contribution in [2.45, 2.75) is 37.8 Å². The van der Waals surface area contributed by atoms with Crippen molar-refractivity contribution in [1.29, 1.82) is 0 Å². The van der Waals surface area contributed by atoms with E-state index in [0.717, 1.165) is 0 Å². The van der Waals surface area contributed by atoms with Crippen molar-refractivity contribution in [3.63, 3.8) is 0 Å². The van der Waals surface area contributed by atoms with E-state index in [1.54, 1.807) is 14.2 Å². The van der Waals surface area contributed by atoms with Gasteiger partial charge in [0.05, 0.1) is 158 Å². The van der Waals surface area contributed by atoms with E-state index in [1.165, 1.54) is 7.05 Å². The molecular weight excluding hydrogens is 756 g/mol. The van der Waals surface area contributed by atoms with Gasteiger partial charge in [-0.2, -0.15) is 0 Å². The van der Waals surface area contributed by atoms with Crippen molar-refractivity contribution < 1.29 is 76.3 Å². The van der Waals surface area contributed by atoms with Gasteiger partial charge >= 0.3 is 5.97 Å². The van der Waals surface area contributed by atoms with Crippen LogP contribution in [-0.2, 0) is 71.2 Å². The van der Waals surface area contributed by atoms with E-state index in [-0.39, 0.29) is 24.8 Å². The van der Waals surface area contributed by atoms with Gasteiger partial charge in [-0.05, 0) is 33.4 Å². The predicted molar refractivity (Wildman–Crippen MR) is 209 cm³/mol. The van der Waals surface area contributed by atoms with Crippen LogP contribution in [0.2, 0.25) is 0 Å². The van der Waals surface area contributed by atoms with E-state index < -0.39 is 18.1 Å². The summed E-state index contributed by atoms with van der Waals surface area (Å²) >= 11 is 0. The van der Waals surface area contributed by atoms with E-state index in [9.17, 15) is 14.4 Å². The summed E-state index contributed by atoms with van der Waals surface area (Å²) in [5.74, 6) is -1.39. The summed E-state index contributed by atoms with van der Waals surface area (Å²) in [6, 6.07) is -1.28. The lowest BCUT2D eigenvalue weighted by Crippen LogP contribution is -2.49. The molecule has 0 aromatic carbocycles. The first kappa shape index (κ1) is 54.9. The zero-order valence-electron chi connectivity index (χ0n) is 34.7. The number of carboxylic acids is 1. The Bertz CT molecular complexity index is 899. The number of unbranched alkanes of at least 4 members (excludes halogenated alkanes) is 1. The van der Waals surface area contributed by atoms with Crippen LogP contribution < -0.4 is 21.3 Å². The number of carbonyl (C=O) groups is 3. The number of methoxy groups -OCH3 is 1. The van der Waals surface area contributed by atoms with Gasteiger partial charge in [-0.3, -0.25) is 14.4 Å². The standard InChI is InChI=1S/C37H74N4O16/c1-38-33(36(43)41-32-34(39-2)37(44)45)6-4-5-8-40-35(42)7-9-47-12-13-49-16-17-51-20-21-53-24-25-55-28-29-57-31-30-56-27-26-54-23-22-52-19-18-50-15-14-48-11-10-46-3/h33-34,38-39H,4-32H2,1-3H3,(H,40,42)(H,41,43)(H,44,45)/t33-,34-/m0/s1. The van der Waals surface area contributed by atoms with Crippen LogP contribution in [0.1, 0.15) is 25.7 Å². The summed E-state index contributed by atoms with van der Waals surface area (Å²) in [6.07, 6.45) is 2.23. The number of aliphatic carboxylic acids is 1. The van der Waals surface area contributed by atoms with Crippen molar-refractivity contribution in [2.24, 2.45) is 0 Å². The molecule has 20 nitrogen and oxygen atoms in total. The first-order chi connectivity index (χ1) is 28.0. The normalized spacial score (nSPS) is 12.5. The van der Waals surface area contributed by atoms with E-state index >= 15 is 0 Å². The fourth-order valence-corrected chi connectivity index (χ4v) is 4.44. The van der Waals surface area contributed by atoms with Crippen molar-refractivity contribution in [2.75, 3.05) is 186 Å². The van der Waals surface area contributed by atoms with Crippen LogP contribution in [0.25, 0.3) is 0 Å². The Morgan fingerprint density at radius 1 is 0.456 bits per heavy atom. The van der Waals surface area contributed by atoms with Crippen LogP contribution >= 0.6 is 0 Å². The van der Waals surface area contributed by atoms with E-state index in [1.807, 2.05) is 0 Å². The summed E-state index contributed by atoms with van der Waals surface area (Å²) in [5.41, 5.74) is 0. The molecule has 2 atom stereocenters. The number of rotatable bonds is 47. The Morgan fingerprint density at radius 3 is 1.11 bits per heavy atom. The minimum Gasteiger partial charge on any atom is -0.480 e. The number of ether oxygens (including phenoxy) is 12. The largest absolute Gasteiger partial charge is 0.480 e. The smallest absolute Gasteiger partial charge is 0.322 e. The Hall–Kier alpha value is -2.15. The molecule has 0 fully saturated rings. The van der Waals surface area contributed by atoms with Gasteiger partial charge in [-0.25, -0.2) is 0 Å². The lowest BCUT2D eigenvalue weighted by molar-refractivity contribution is -0.139. The molecule has 20 heteroatoms. The van der Waals surface area contributed by atoms with Gasteiger partial charge in [0.1, 0.15) is 6.04 Å². The highest BCUT2D eigenvalue weighted by atomic mass is 16.6. The molecule has 0 aromatic heterocycles. The second-order valence-corrected chi connectivity index (χ2v) is 12.1. The number of amides is 2. The van der Waals surface area contributed by atoms with Crippen molar-refractivity contribution in [3.05, 3.63) is 0 Å². The highest BCUT2D eigenvalue weighted by Crippen LogP contribution is 2.01. The van der Waals surface area contributed by atoms with Crippen molar-refractivity contribution >= 4 is 17.8 Å². The van der Waals surface area contributed by atoms with Crippen molar-refractivity contribution in [1.82, 2.24) is 21.3 Å². The molecule has 0 aliphatic heterocycles. The topological polar surface area (TPSA) is 230 Å².